The number of hydrogen-bond acceptors (Lipinski definition) is 4. The van der Waals surface area contributed by atoms with Gasteiger partial charge in [0.15, 0.2) is 0 Å². The first-order valence-electron chi connectivity index (χ1n) is 6.01. The van der Waals surface area contributed by atoms with Crippen LogP contribution in [0.2, 0.25) is 5.02 Å². The Morgan fingerprint density at radius 3 is 3.17 bits per heavy atom. The van der Waals surface area contributed by atoms with Gasteiger partial charge in [-0.15, -0.1) is 0 Å². The third-order valence-electron chi connectivity index (χ3n) is 2.89. The van der Waals surface area contributed by atoms with E-state index in [2.05, 4.69) is 20.5 Å². The van der Waals surface area contributed by atoms with Crippen LogP contribution in [-0.4, -0.2) is 42.5 Å². The molecule has 0 aliphatic carbocycles. The fourth-order valence-corrected chi connectivity index (χ4v) is 2.11. The van der Waals surface area contributed by atoms with Crippen molar-refractivity contribution < 1.29 is 4.79 Å². The molecule has 0 aromatic carbocycles. The van der Waals surface area contributed by atoms with Gasteiger partial charge in [0.2, 0.25) is 5.91 Å². The molecule has 1 aliphatic rings. The normalized spacial score (nSPS) is 17.1. The Morgan fingerprint density at radius 1 is 1.56 bits per heavy atom. The average Bonchev–Trinajstić information content (AvgIpc) is 2.56. The van der Waals surface area contributed by atoms with Crippen molar-refractivity contribution in [2.45, 2.75) is 13.0 Å². The van der Waals surface area contributed by atoms with Gasteiger partial charge in [0, 0.05) is 26.7 Å². The number of carbonyl (C=O) groups excluding carboxylic acids is 1. The summed E-state index contributed by atoms with van der Waals surface area (Å²) in [5, 5.41) is 6.47. The van der Waals surface area contributed by atoms with Crippen molar-refractivity contribution in [3.05, 3.63) is 22.8 Å². The van der Waals surface area contributed by atoms with Crippen molar-refractivity contribution in [3.8, 4) is 0 Å². The number of pyridine rings is 1. The number of amides is 1. The molecule has 0 atom stereocenters. The van der Waals surface area contributed by atoms with E-state index in [-0.39, 0.29) is 5.91 Å². The molecule has 1 aromatic heterocycles. The fraction of sp³-hybridized carbons (Fsp3) is 0.500. The van der Waals surface area contributed by atoms with Gasteiger partial charge >= 0.3 is 0 Å². The van der Waals surface area contributed by atoms with E-state index < -0.39 is 0 Å². The van der Waals surface area contributed by atoms with Crippen LogP contribution in [0.25, 0.3) is 0 Å². The second kappa shape index (κ2) is 6.02. The van der Waals surface area contributed by atoms with Crippen LogP contribution in [0.3, 0.4) is 0 Å². The first-order chi connectivity index (χ1) is 8.69. The maximum Gasteiger partial charge on any atom is 0.234 e. The topological polar surface area (TPSA) is 57.3 Å². The summed E-state index contributed by atoms with van der Waals surface area (Å²) in [5.74, 6) is 0.849. The van der Waals surface area contributed by atoms with E-state index in [1.165, 1.54) is 0 Å². The first kappa shape index (κ1) is 13.1. The molecule has 0 unspecified atom stereocenters. The summed E-state index contributed by atoms with van der Waals surface area (Å²) in [6, 6.07) is 3.66. The average molecular weight is 269 g/mol. The zero-order valence-electron chi connectivity index (χ0n) is 10.4. The molecule has 2 N–H and O–H groups in total. The van der Waals surface area contributed by atoms with Crippen molar-refractivity contribution in [1.29, 1.82) is 0 Å². The summed E-state index contributed by atoms with van der Waals surface area (Å²) in [7, 11) is 1.82. The van der Waals surface area contributed by atoms with Gasteiger partial charge in [0.25, 0.3) is 0 Å². The minimum atomic E-state index is 0.0633. The van der Waals surface area contributed by atoms with E-state index in [1.54, 1.807) is 0 Å². The van der Waals surface area contributed by atoms with Gasteiger partial charge in [0.05, 0.1) is 17.3 Å². The predicted molar refractivity (Wildman–Crippen MR) is 71.7 cm³/mol. The van der Waals surface area contributed by atoms with Crippen LogP contribution in [-0.2, 0) is 11.3 Å². The molecule has 1 fully saturated rings. The molecule has 0 radical (unpaired) electrons. The second-order valence-electron chi connectivity index (χ2n) is 4.29. The van der Waals surface area contributed by atoms with Gasteiger partial charge < -0.3 is 10.6 Å². The monoisotopic (exact) mass is 268 g/mol. The largest absolute Gasteiger partial charge is 0.373 e. The van der Waals surface area contributed by atoms with Crippen LogP contribution in [0.15, 0.2) is 12.1 Å². The number of nitrogens with zero attached hydrogens (tertiary/aromatic N) is 2. The highest BCUT2D eigenvalue weighted by molar-refractivity contribution is 6.31. The molecule has 98 valence electrons. The number of carbonyl (C=O) groups is 1. The molecule has 1 amide bonds. The summed E-state index contributed by atoms with van der Waals surface area (Å²) in [6.45, 7) is 2.62. The number of nitrogens with one attached hydrogen (secondary N) is 2. The standard InChI is InChI=1S/C12H17ClN4O/c1-14-11-4-3-9(13)10(16-11)7-17-6-2-5-15-12(18)8-17/h3-4H,2,5-8H2,1H3,(H,14,16)(H,15,18). The van der Waals surface area contributed by atoms with Crippen LogP contribution in [0.1, 0.15) is 12.1 Å². The maximum atomic E-state index is 11.5. The molecule has 18 heavy (non-hydrogen) atoms. The van der Waals surface area contributed by atoms with Gasteiger partial charge in [-0.3, -0.25) is 9.69 Å². The van der Waals surface area contributed by atoms with Crippen LogP contribution >= 0.6 is 11.6 Å². The lowest BCUT2D eigenvalue weighted by Gasteiger charge is -2.18. The molecule has 1 aliphatic heterocycles. The SMILES string of the molecule is CNc1ccc(Cl)c(CN2CCCNC(=O)C2)n1. The van der Waals surface area contributed by atoms with Crippen LogP contribution in [0, 0.1) is 0 Å². The van der Waals surface area contributed by atoms with Gasteiger partial charge in [-0.1, -0.05) is 11.6 Å². The third-order valence-corrected chi connectivity index (χ3v) is 3.23. The highest BCUT2D eigenvalue weighted by Crippen LogP contribution is 2.18. The van der Waals surface area contributed by atoms with E-state index in [0.717, 1.165) is 31.0 Å². The lowest BCUT2D eigenvalue weighted by molar-refractivity contribution is -0.121. The van der Waals surface area contributed by atoms with Crippen molar-refractivity contribution in [1.82, 2.24) is 15.2 Å². The van der Waals surface area contributed by atoms with E-state index in [0.29, 0.717) is 18.1 Å². The third kappa shape index (κ3) is 3.34. The van der Waals surface area contributed by atoms with Gasteiger partial charge in [0.1, 0.15) is 5.82 Å². The molecule has 1 aromatic rings. The van der Waals surface area contributed by atoms with E-state index in [4.69, 9.17) is 11.6 Å². The molecular formula is C12H17ClN4O. The molecule has 5 nitrogen and oxygen atoms in total. The molecule has 0 bridgehead atoms. The van der Waals surface area contributed by atoms with Crippen molar-refractivity contribution in [2.75, 3.05) is 32.0 Å². The summed E-state index contributed by atoms with van der Waals surface area (Å²) in [6.07, 6.45) is 0.953. The molecule has 1 saturated heterocycles. The smallest absolute Gasteiger partial charge is 0.234 e. The maximum absolute atomic E-state index is 11.5. The van der Waals surface area contributed by atoms with Gasteiger partial charge in [-0.25, -0.2) is 4.98 Å². The summed E-state index contributed by atoms with van der Waals surface area (Å²) >= 11 is 6.13. The summed E-state index contributed by atoms with van der Waals surface area (Å²) in [4.78, 5) is 18.0. The highest BCUT2D eigenvalue weighted by atomic mass is 35.5. The first-order valence-corrected chi connectivity index (χ1v) is 6.39. The molecule has 0 saturated carbocycles. The van der Waals surface area contributed by atoms with Crippen molar-refractivity contribution >= 4 is 23.3 Å². The quantitative estimate of drug-likeness (QED) is 0.862. The number of halogens is 1. The Balaban J connectivity index is 2.09. The summed E-state index contributed by atoms with van der Waals surface area (Å²) in [5.41, 5.74) is 0.804. The Labute approximate surface area is 112 Å². The van der Waals surface area contributed by atoms with Gasteiger partial charge in [-0.05, 0) is 18.6 Å². The highest BCUT2D eigenvalue weighted by Gasteiger charge is 2.16. The Bertz CT molecular complexity index is 438. The van der Waals surface area contributed by atoms with Crippen LogP contribution in [0.5, 0.6) is 0 Å². The zero-order chi connectivity index (χ0) is 13.0. The fourth-order valence-electron chi connectivity index (χ4n) is 1.95. The molecule has 0 spiro atoms. The van der Waals surface area contributed by atoms with E-state index in [9.17, 15) is 4.79 Å². The molecular weight excluding hydrogens is 252 g/mol. The molecule has 6 heteroatoms. The van der Waals surface area contributed by atoms with Crippen molar-refractivity contribution in [3.63, 3.8) is 0 Å². The van der Waals surface area contributed by atoms with E-state index >= 15 is 0 Å². The number of anilines is 1. The van der Waals surface area contributed by atoms with Crippen LogP contribution in [0.4, 0.5) is 5.82 Å². The second-order valence-corrected chi connectivity index (χ2v) is 4.70. The molecule has 2 rings (SSSR count). The summed E-state index contributed by atoms with van der Waals surface area (Å²) < 4.78 is 0. The lowest BCUT2D eigenvalue weighted by Crippen LogP contribution is -2.33. The number of hydrogen-bond donors (Lipinski definition) is 2. The number of rotatable bonds is 3. The van der Waals surface area contributed by atoms with E-state index in [1.807, 2.05) is 19.2 Å². The molecule has 2 heterocycles. The Morgan fingerprint density at radius 2 is 2.39 bits per heavy atom. The minimum Gasteiger partial charge on any atom is -0.373 e. The van der Waals surface area contributed by atoms with Gasteiger partial charge in [-0.2, -0.15) is 0 Å². The lowest BCUT2D eigenvalue weighted by atomic mass is 10.3. The Hall–Kier alpha value is -1.33. The van der Waals surface area contributed by atoms with Crippen molar-refractivity contribution in [2.24, 2.45) is 0 Å². The predicted octanol–water partition coefficient (Wildman–Crippen LogP) is 1.10. The number of aromatic nitrogens is 1. The Kier molecular flexibility index (Phi) is 4.38. The zero-order valence-corrected chi connectivity index (χ0v) is 11.1. The van der Waals surface area contributed by atoms with Crippen LogP contribution < -0.4 is 10.6 Å². The minimum absolute atomic E-state index is 0.0633.